The van der Waals surface area contributed by atoms with E-state index in [1.807, 2.05) is 24.3 Å². The third-order valence-electron chi connectivity index (χ3n) is 4.42. The molecule has 1 fully saturated rings. The second-order valence-electron chi connectivity index (χ2n) is 6.33. The summed E-state index contributed by atoms with van der Waals surface area (Å²) in [5, 5.41) is 12.5. The lowest BCUT2D eigenvalue weighted by Crippen LogP contribution is -2.36. The third kappa shape index (κ3) is 5.39. The lowest BCUT2D eigenvalue weighted by Gasteiger charge is -2.29. The van der Waals surface area contributed by atoms with Gasteiger partial charge in [0.25, 0.3) is 0 Å². The molecule has 0 aromatic heterocycles. The molecule has 2 N–H and O–H groups in total. The maximum Gasteiger partial charge on any atom is 0.244 e. The number of hydrogen-bond acceptors (Lipinski definition) is 4. The van der Waals surface area contributed by atoms with Gasteiger partial charge in [0.15, 0.2) is 0 Å². The first kappa shape index (κ1) is 19.1. The number of halogens is 1. The van der Waals surface area contributed by atoms with E-state index >= 15 is 0 Å². The predicted molar refractivity (Wildman–Crippen MR) is 103 cm³/mol. The molecule has 1 amide bonds. The van der Waals surface area contributed by atoms with Crippen LogP contribution in [-0.4, -0.2) is 43.9 Å². The van der Waals surface area contributed by atoms with Crippen LogP contribution in [0.2, 0.25) is 0 Å². The van der Waals surface area contributed by atoms with Crippen LogP contribution in [0.15, 0.2) is 54.6 Å². The number of rotatable bonds is 6. The van der Waals surface area contributed by atoms with Crippen molar-refractivity contribution in [2.75, 3.05) is 37.8 Å². The van der Waals surface area contributed by atoms with Gasteiger partial charge < -0.3 is 20.1 Å². The highest BCUT2D eigenvalue weighted by molar-refractivity contribution is 5.92. The fourth-order valence-electron chi connectivity index (χ4n) is 3.00. The molecule has 0 aliphatic carbocycles. The van der Waals surface area contributed by atoms with E-state index < -0.39 is 6.04 Å². The number of carbonyl (C=O) groups excluding carboxylic acids is 1. The van der Waals surface area contributed by atoms with E-state index in [0.717, 1.165) is 24.3 Å². The number of ether oxygens (including phenoxy) is 1. The highest BCUT2D eigenvalue weighted by Crippen LogP contribution is 2.21. The van der Waals surface area contributed by atoms with Crippen LogP contribution in [0.3, 0.4) is 0 Å². The van der Waals surface area contributed by atoms with E-state index in [1.165, 1.54) is 24.3 Å². The number of nitrogens with zero attached hydrogens (tertiary/aromatic N) is 1. The summed E-state index contributed by atoms with van der Waals surface area (Å²) in [6.45, 7) is 2.79. The van der Waals surface area contributed by atoms with Gasteiger partial charge in [-0.1, -0.05) is 24.3 Å². The summed E-state index contributed by atoms with van der Waals surface area (Å²) in [5.41, 5.74) is 2.47. The fourth-order valence-corrected chi connectivity index (χ4v) is 3.00. The number of aliphatic hydroxyl groups is 1. The van der Waals surface area contributed by atoms with Gasteiger partial charge in [-0.05, 0) is 41.5 Å². The molecule has 27 heavy (non-hydrogen) atoms. The number of morpholine rings is 1. The summed E-state index contributed by atoms with van der Waals surface area (Å²) < 4.78 is 18.6. The Morgan fingerprint density at radius 1 is 1.22 bits per heavy atom. The number of aliphatic hydroxyl groups excluding tert-OH is 1. The molecular weight excluding hydrogens is 347 g/mol. The van der Waals surface area contributed by atoms with Crippen LogP contribution in [0.5, 0.6) is 0 Å². The molecule has 3 rings (SSSR count). The van der Waals surface area contributed by atoms with Gasteiger partial charge in [-0.15, -0.1) is 0 Å². The normalized spacial score (nSPS) is 15.7. The van der Waals surface area contributed by atoms with Gasteiger partial charge in [0, 0.05) is 24.9 Å². The summed E-state index contributed by atoms with van der Waals surface area (Å²) in [5.74, 6) is -0.708. The largest absolute Gasteiger partial charge is 0.394 e. The molecule has 0 saturated carbocycles. The van der Waals surface area contributed by atoms with Crippen LogP contribution in [0.1, 0.15) is 17.2 Å². The lowest BCUT2D eigenvalue weighted by atomic mass is 10.1. The quantitative estimate of drug-likeness (QED) is 0.767. The van der Waals surface area contributed by atoms with Crippen LogP contribution in [-0.2, 0) is 9.53 Å². The zero-order chi connectivity index (χ0) is 19.1. The Balaban J connectivity index is 1.66. The minimum atomic E-state index is -0.518. The first-order chi connectivity index (χ1) is 13.2. The average Bonchev–Trinajstić information content (AvgIpc) is 2.71. The first-order valence-corrected chi connectivity index (χ1v) is 8.93. The van der Waals surface area contributed by atoms with Crippen LogP contribution >= 0.6 is 0 Å². The van der Waals surface area contributed by atoms with Crippen LogP contribution < -0.4 is 10.2 Å². The standard InChI is InChI=1S/C21H23FN2O3/c22-18-5-1-3-16(13-18)7-8-21(26)23-20(15-25)17-4-2-6-19(14-17)24-9-11-27-12-10-24/h1-8,13-14,20,25H,9-12,15H2,(H,23,26)/b8-7+/t20-/m1/s1. The smallest absolute Gasteiger partial charge is 0.244 e. The molecule has 5 nitrogen and oxygen atoms in total. The SMILES string of the molecule is O=C(/C=C/c1cccc(F)c1)N[C@H](CO)c1cccc(N2CCOCC2)c1. The van der Waals surface area contributed by atoms with Crippen molar-refractivity contribution >= 4 is 17.7 Å². The Kier molecular flexibility index (Phi) is 6.57. The van der Waals surface area contributed by atoms with E-state index in [4.69, 9.17) is 4.74 Å². The minimum Gasteiger partial charge on any atom is -0.394 e. The Morgan fingerprint density at radius 3 is 2.74 bits per heavy atom. The van der Waals surface area contributed by atoms with Gasteiger partial charge in [0.05, 0.1) is 25.9 Å². The molecule has 0 spiro atoms. The van der Waals surface area contributed by atoms with Gasteiger partial charge in [-0.3, -0.25) is 4.79 Å². The van der Waals surface area contributed by atoms with Crippen molar-refractivity contribution in [1.29, 1.82) is 0 Å². The van der Waals surface area contributed by atoms with Crippen molar-refractivity contribution in [3.05, 3.63) is 71.6 Å². The van der Waals surface area contributed by atoms with Gasteiger partial charge in [-0.25, -0.2) is 4.39 Å². The van der Waals surface area contributed by atoms with Crippen molar-refractivity contribution in [3.63, 3.8) is 0 Å². The zero-order valence-electron chi connectivity index (χ0n) is 15.0. The summed E-state index contributed by atoms with van der Waals surface area (Å²) in [6, 6.07) is 13.2. The van der Waals surface area contributed by atoms with Gasteiger partial charge in [-0.2, -0.15) is 0 Å². The Bertz CT molecular complexity index is 804. The molecule has 2 aromatic carbocycles. The maximum atomic E-state index is 13.2. The summed E-state index contributed by atoms with van der Waals surface area (Å²) in [6.07, 6.45) is 2.88. The molecule has 0 radical (unpaired) electrons. The second-order valence-corrected chi connectivity index (χ2v) is 6.33. The molecule has 1 heterocycles. The van der Waals surface area contributed by atoms with Crippen molar-refractivity contribution in [2.24, 2.45) is 0 Å². The highest BCUT2D eigenvalue weighted by atomic mass is 19.1. The first-order valence-electron chi connectivity index (χ1n) is 8.93. The van der Waals surface area contributed by atoms with Crippen LogP contribution in [0.4, 0.5) is 10.1 Å². The maximum absolute atomic E-state index is 13.2. The van der Waals surface area contributed by atoms with E-state index in [-0.39, 0.29) is 18.3 Å². The summed E-state index contributed by atoms with van der Waals surface area (Å²) in [7, 11) is 0. The van der Waals surface area contributed by atoms with Gasteiger partial charge in [0.1, 0.15) is 5.82 Å². The number of nitrogens with one attached hydrogen (secondary N) is 1. The highest BCUT2D eigenvalue weighted by Gasteiger charge is 2.16. The number of amides is 1. The summed E-state index contributed by atoms with van der Waals surface area (Å²) in [4.78, 5) is 14.4. The average molecular weight is 370 g/mol. The molecule has 1 saturated heterocycles. The zero-order valence-corrected chi connectivity index (χ0v) is 15.0. The molecule has 142 valence electrons. The monoisotopic (exact) mass is 370 g/mol. The molecule has 0 unspecified atom stereocenters. The molecule has 1 aliphatic rings. The molecular formula is C21H23FN2O3. The minimum absolute atomic E-state index is 0.216. The molecule has 0 bridgehead atoms. The Hall–Kier alpha value is -2.70. The molecule has 2 aromatic rings. The van der Waals surface area contributed by atoms with Crippen molar-refractivity contribution in [2.45, 2.75) is 6.04 Å². The van der Waals surface area contributed by atoms with Crippen LogP contribution in [0.25, 0.3) is 6.08 Å². The lowest BCUT2D eigenvalue weighted by molar-refractivity contribution is -0.117. The van der Waals surface area contributed by atoms with Crippen molar-refractivity contribution in [1.82, 2.24) is 5.32 Å². The number of hydrogen-bond donors (Lipinski definition) is 2. The van der Waals surface area contributed by atoms with Gasteiger partial charge >= 0.3 is 0 Å². The van der Waals surface area contributed by atoms with Gasteiger partial charge in [0.2, 0.25) is 5.91 Å². The fraction of sp³-hybridized carbons (Fsp3) is 0.286. The topological polar surface area (TPSA) is 61.8 Å². The number of benzene rings is 2. The molecule has 1 atom stereocenters. The predicted octanol–water partition coefficient (Wildman–Crippen LogP) is 2.53. The van der Waals surface area contributed by atoms with E-state index in [9.17, 15) is 14.3 Å². The number of carbonyl (C=O) groups is 1. The number of anilines is 1. The van der Waals surface area contributed by atoms with Crippen molar-refractivity contribution < 1.29 is 19.0 Å². The second kappa shape index (κ2) is 9.30. The van der Waals surface area contributed by atoms with Crippen LogP contribution in [0, 0.1) is 5.82 Å². The van der Waals surface area contributed by atoms with E-state index in [0.29, 0.717) is 18.8 Å². The third-order valence-corrected chi connectivity index (χ3v) is 4.42. The molecule has 1 aliphatic heterocycles. The Labute approximate surface area is 158 Å². The Morgan fingerprint density at radius 2 is 2.00 bits per heavy atom. The van der Waals surface area contributed by atoms with E-state index in [1.54, 1.807) is 12.1 Å². The van der Waals surface area contributed by atoms with Crippen molar-refractivity contribution in [3.8, 4) is 0 Å². The van der Waals surface area contributed by atoms with E-state index in [2.05, 4.69) is 10.2 Å². The molecule has 6 heteroatoms. The summed E-state index contributed by atoms with van der Waals surface area (Å²) >= 11 is 0.